The van der Waals surface area contributed by atoms with Gasteiger partial charge < -0.3 is 14.2 Å². The first-order valence-electron chi connectivity index (χ1n) is 8.73. The van der Waals surface area contributed by atoms with E-state index in [0.717, 1.165) is 25.7 Å². The highest BCUT2D eigenvalue weighted by Gasteiger charge is 2.69. The van der Waals surface area contributed by atoms with E-state index in [1.165, 1.54) is 6.92 Å². The fourth-order valence-electron chi connectivity index (χ4n) is 5.17. The quantitative estimate of drug-likeness (QED) is 0.545. The Hall–Kier alpha value is -0.690. The van der Waals surface area contributed by atoms with Crippen LogP contribution in [-0.2, 0) is 28.8 Å². The van der Waals surface area contributed by atoms with Gasteiger partial charge in [0.25, 0.3) is 0 Å². The standard InChI is InChI=1S/C17H26O6/c1-9-5-6-13-10(2)14(19-11(3)18)20-15-17(13)12(9)7-8-16(4,21-15)22-23-17/h9-10,12-15H,5-8H2,1-4H3/t9-,10-,12?,13?,14-,15?,16?,17-/m1/s1. The van der Waals surface area contributed by atoms with Crippen molar-refractivity contribution in [1.29, 1.82) is 0 Å². The van der Waals surface area contributed by atoms with E-state index in [1.54, 1.807) is 0 Å². The van der Waals surface area contributed by atoms with Crippen LogP contribution < -0.4 is 0 Å². The Balaban J connectivity index is 1.74. The molecule has 23 heavy (non-hydrogen) atoms. The van der Waals surface area contributed by atoms with E-state index in [-0.39, 0.29) is 17.8 Å². The summed E-state index contributed by atoms with van der Waals surface area (Å²) in [5, 5.41) is 0. The summed E-state index contributed by atoms with van der Waals surface area (Å²) in [6.45, 7) is 7.64. The van der Waals surface area contributed by atoms with Crippen LogP contribution in [0.5, 0.6) is 0 Å². The molecule has 6 nitrogen and oxygen atoms in total. The van der Waals surface area contributed by atoms with Gasteiger partial charge in [0.1, 0.15) is 0 Å². The van der Waals surface area contributed by atoms with E-state index in [1.807, 2.05) is 6.92 Å². The Kier molecular flexibility index (Phi) is 3.54. The maximum atomic E-state index is 11.4. The summed E-state index contributed by atoms with van der Waals surface area (Å²) in [7, 11) is 0. The Labute approximate surface area is 136 Å². The van der Waals surface area contributed by atoms with Crippen molar-refractivity contribution < 1.29 is 28.8 Å². The van der Waals surface area contributed by atoms with E-state index < -0.39 is 24.0 Å². The third-order valence-electron chi connectivity index (χ3n) is 6.38. The predicted octanol–water partition coefficient (Wildman–Crippen LogP) is 2.76. The maximum absolute atomic E-state index is 11.4. The first-order chi connectivity index (χ1) is 10.9. The van der Waals surface area contributed by atoms with Crippen LogP contribution in [0.4, 0.5) is 0 Å². The lowest BCUT2D eigenvalue weighted by Gasteiger charge is -2.59. The van der Waals surface area contributed by atoms with Gasteiger partial charge in [-0.15, -0.1) is 0 Å². The molecule has 0 aromatic heterocycles. The molecule has 0 aromatic rings. The number of hydrogen-bond donors (Lipinski definition) is 0. The van der Waals surface area contributed by atoms with Crippen LogP contribution in [0.25, 0.3) is 0 Å². The minimum absolute atomic E-state index is 0.0415. The van der Waals surface area contributed by atoms with Crippen molar-refractivity contribution in [3.05, 3.63) is 0 Å². The van der Waals surface area contributed by atoms with Gasteiger partial charge in [-0.3, -0.25) is 4.79 Å². The van der Waals surface area contributed by atoms with Crippen LogP contribution in [0, 0.1) is 23.7 Å². The van der Waals surface area contributed by atoms with Gasteiger partial charge >= 0.3 is 5.97 Å². The average molecular weight is 326 g/mol. The second-order valence-corrected chi connectivity index (χ2v) is 7.88. The number of esters is 1. The van der Waals surface area contributed by atoms with Gasteiger partial charge in [0.2, 0.25) is 12.1 Å². The molecule has 1 aliphatic carbocycles. The normalized spacial score (nSPS) is 55.0. The molecule has 4 unspecified atom stereocenters. The largest absolute Gasteiger partial charge is 0.436 e. The fraction of sp³-hybridized carbons (Fsp3) is 0.941. The van der Waals surface area contributed by atoms with E-state index in [0.29, 0.717) is 11.8 Å². The topological polar surface area (TPSA) is 63.2 Å². The SMILES string of the molecule is CC(=O)O[C@@H]1OC2OC3(C)CCC4[C@H](C)CCC([C@H]1C)[C@@]24OO3. The Morgan fingerprint density at radius 2 is 1.91 bits per heavy atom. The lowest BCUT2D eigenvalue weighted by atomic mass is 9.58. The van der Waals surface area contributed by atoms with E-state index in [2.05, 4.69) is 13.8 Å². The Morgan fingerprint density at radius 1 is 1.13 bits per heavy atom. The highest BCUT2D eigenvalue weighted by atomic mass is 17.3. The van der Waals surface area contributed by atoms with Crippen molar-refractivity contribution in [3.8, 4) is 0 Å². The van der Waals surface area contributed by atoms with Crippen LogP contribution in [-0.4, -0.2) is 29.9 Å². The molecule has 1 spiro atoms. The molecule has 1 saturated carbocycles. The predicted molar refractivity (Wildman–Crippen MR) is 78.6 cm³/mol. The summed E-state index contributed by atoms with van der Waals surface area (Å²) in [5.74, 6) is -0.0347. The molecular weight excluding hydrogens is 300 g/mol. The Bertz CT molecular complexity index is 509. The third kappa shape index (κ3) is 2.18. The molecule has 4 saturated heterocycles. The van der Waals surface area contributed by atoms with Gasteiger partial charge in [-0.1, -0.05) is 13.8 Å². The molecule has 5 aliphatic rings. The summed E-state index contributed by atoms with van der Waals surface area (Å²) in [4.78, 5) is 23.2. The van der Waals surface area contributed by atoms with Crippen molar-refractivity contribution in [2.45, 2.75) is 77.3 Å². The number of fused-ring (bicyclic) bond motifs is 2. The molecule has 8 atom stereocenters. The van der Waals surface area contributed by atoms with Crippen molar-refractivity contribution in [1.82, 2.24) is 0 Å². The molecular formula is C17H26O6. The van der Waals surface area contributed by atoms with Crippen molar-refractivity contribution in [2.24, 2.45) is 23.7 Å². The minimum atomic E-state index is -0.793. The second kappa shape index (κ2) is 5.15. The second-order valence-electron chi connectivity index (χ2n) is 7.88. The molecule has 130 valence electrons. The first kappa shape index (κ1) is 15.8. The highest BCUT2D eigenvalue weighted by Crippen LogP contribution is 2.60. The van der Waals surface area contributed by atoms with Crippen LogP contribution in [0.15, 0.2) is 0 Å². The zero-order valence-corrected chi connectivity index (χ0v) is 14.2. The van der Waals surface area contributed by atoms with Gasteiger partial charge in [-0.2, -0.15) is 0 Å². The third-order valence-corrected chi connectivity index (χ3v) is 6.38. The molecule has 6 heteroatoms. The number of rotatable bonds is 1. The average Bonchev–Trinajstić information content (AvgIpc) is 2.70. The zero-order chi connectivity index (χ0) is 16.4. The fourth-order valence-corrected chi connectivity index (χ4v) is 5.17. The smallest absolute Gasteiger partial charge is 0.304 e. The van der Waals surface area contributed by atoms with Crippen molar-refractivity contribution >= 4 is 5.97 Å². The van der Waals surface area contributed by atoms with Crippen molar-refractivity contribution in [2.75, 3.05) is 0 Å². The monoisotopic (exact) mass is 326 g/mol. The van der Waals surface area contributed by atoms with Crippen LogP contribution in [0.1, 0.15) is 53.4 Å². The Morgan fingerprint density at radius 3 is 2.65 bits per heavy atom. The van der Waals surface area contributed by atoms with E-state index in [9.17, 15) is 4.79 Å². The summed E-state index contributed by atoms with van der Waals surface area (Å²) in [5.41, 5.74) is -0.594. The zero-order valence-electron chi connectivity index (χ0n) is 14.2. The molecule has 5 rings (SSSR count). The molecule has 0 radical (unpaired) electrons. The molecule has 0 aromatic carbocycles. The summed E-state index contributed by atoms with van der Waals surface area (Å²) < 4.78 is 17.7. The minimum Gasteiger partial charge on any atom is -0.436 e. The van der Waals surface area contributed by atoms with Crippen LogP contribution in [0.3, 0.4) is 0 Å². The summed E-state index contributed by atoms with van der Waals surface area (Å²) >= 11 is 0. The number of ether oxygens (including phenoxy) is 3. The molecule has 4 heterocycles. The highest BCUT2D eigenvalue weighted by molar-refractivity contribution is 5.66. The van der Waals surface area contributed by atoms with Crippen LogP contribution >= 0.6 is 0 Å². The van der Waals surface area contributed by atoms with Gasteiger partial charge in [-0.25, -0.2) is 9.78 Å². The first-order valence-corrected chi connectivity index (χ1v) is 8.73. The number of carbonyl (C=O) groups excluding carboxylic acids is 1. The number of hydrogen-bond acceptors (Lipinski definition) is 6. The molecule has 4 aliphatic heterocycles. The van der Waals surface area contributed by atoms with E-state index in [4.69, 9.17) is 24.0 Å². The van der Waals surface area contributed by atoms with Gasteiger partial charge in [0, 0.05) is 25.2 Å². The summed E-state index contributed by atoms with van der Waals surface area (Å²) in [6.07, 6.45) is 2.78. The van der Waals surface area contributed by atoms with Gasteiger partial charge in [-0.05, 0) is 38.0 Å². The molecule has 0 amide bonds. The molecule has 2 bridgehead atoms. The molecule has 5 fully saturated rings. The van der Waals surface area contributed by atoms with Crippen LogP contribution in [0.2, 0.25) is 0 Å². The number of carbonyl (C=O) groups is 1. The lowest BCUT2D eigenvalue weighted by molar-refractivity contribution is -0.576. The summed E-state index contributed by atoms with van der Waals surface area (Å²) in [6, 6.07) is 0. The van der Waals surface area contributed by atoms with Crippen molar-refractivity contribution in [3.63, 3.8) is 0 Å². The van der Waals surface area contributed by atoms with Gasteiger partial charge in [0.05, 0.1) is 0 Å². The molecule has 0 N–H and O–H groups in total. The maximum Gasteiger partial charge on any atom is 0.304 e. The van der Waals surface area contributed by atoms with Gasteiger partial charge in [0.15, 0.2) is 11.9 Å². The lowest BCUT2D eigenvalue weighted by Crippen LogP contribution is -2.70. The van der Waals surface area contributed by atoms with E-state index >= 15 is 0 Å².